The minimum absolute atomic E-state index is 0.0332. The van der Waals surface area contributed by atoms with Crippen LogP contribution in [0.2, 0.25) is 5.22 Å². The maximum Gasteiger partial charge on any atom is 0.229 e. The molecule has 0 spiro atoms. The molecule has 0 aliphatic heterocycles. The van der Waals surface area contributed by atoms with Gasteiger partial charge in [0.05, 0.1) is 12.2 Å². The molecule has 1 amide bonds. The number of carbonyl (C=O) groups excluding carboxylic acids is 1. The van der Waals surface area contributed by atoms with Crippen LogP contribution in [0, 0.1) is 6.92 Å². The molecule has 0 unspecified atom stereocenters. The van der Waals surface area contributed by atoms with Gasteiger partial charge in [0, 0.05) is 30.9 Å². The summed E-state index contributed by atoms with van der Waals surface area (Å²) in [6, 6.07) is 9.99. The molecule has 2 aromatic heterocycles. The number of halogens is 1. The van der Waals surface area contributed by atoms with E-state index in [1.807, 2.05) is 42.1 Å². The van der Waals surface area contributed by atoms with Crippen molar-refractivity contribution in [3.05, 3.63) is 70.3 Å². The number of aryl methyl sites for hydroxylation is 1. The lowest BCUT2D eigenvalue weighted by atomic mass is 10.1. The highest BCUT2D eigenvalue weighted by Gasteiger charge is 2.12. The largest absolute Gasteiger partial charge is 0.352 e. The van der Waals surface area contributed by atoms with Crippen molar-refractivity contribution in [3.63, 3.8) is 0 Å². The molecular weight excluding hydrogens is 340 g/mol. The van der Waals surface area contributed by atoms with E-state index in [-0.39, 0.29) is 11.1 Å². The lowest BCUT2D eigenvalue weighted by molar-refractivity contribution is -0.121. The Morgan fingerprint density at radius 3 is 2.88 bits per heavy atom. The van der Waals surface area contributed by atoms with Crippen molar-refractivity contribution in [2.45, 2.75) is 32.9 Å². The summed E-state index contributed by atoms with van der Waals surface area (Å²) in [5.74, 6) is -0.0332. The summed E-state index contributed by atoms with van der Waals surface area (Å²) < 4.78 is 6.75. The van der Waals surface area contributed by atoms with Crippen LogP contribution in [0.4, 0.5) is 0 Å². The zero-order valence-electron chi connectivity index (χ0n) is 13.9. The van der Waals surface area contributed by atoms with Crippen LogP contribution < -0.4 is 5.32 Å². The SMILES string of the molecule is Cc1noc(Cl)c1CCC(=O)NCc1cccc(Cn2cccn2)c1. The molecule has 0 saturated heterocycles. The summed E-state index contributed by atoms with van der Waals surface area (Å²) in [5.41, 5.74) is 3.71. The molecule has 3 rings (SSSR count). The number of hydrogen-bond donors (Lipinski definition) is 1. The predicted molar refractivity (Wildman–Crippen MR) is 94.2 cm³/mol. The standard InChI is InChI=1S/C18H19ClN4O2/c1-13-16(18(19)25-22-13)6-7-17(24)20-11-14-4-2-5-15(10-14)12-23-9-3-8-21-23/h2-5,8-10H,6-7,11-12H2,1H3,(H,20,24). The van der Waals surface area contributed by atoms with Gasteiger partial charge in [0.25, 0.3) is 0 Å². The number of rotatable bonds is 7. The van der Waals surface area contributed by atoms with Crippen LogP contribution >= 0.6 is 11.6 Å². The Morgan fingerprint density at radius 1 is 1.32 bits per heavy atom. The summed E-state index contributed by atoms with van der Waals surface area (Å²) in [4.78, 5) is 12.1. The van der Waals surface area contributed by atoms with Crippen LogP contribution in [-0.4, -0.2) is 20.8 Å². The smallest absolute Gasteiger partial charge is 0.229 e. The van der Waals surface area contributed by atoms with Gasteiger partial charge < -0.3 is 9.84 Å². The maximum atomic E-state index is 12.1. The molecule has 130 valence electrons. The van der Waals surface area contributed by atoms with E-state index in [0.29, 0.717) is 25.9 Å². The molecule has 0 aliphatic carbocycles. The highest BCUT2D eigenvalue weighted by molar-refractivity contribution is 6.29. The quantitative estimate of drug-likeness (QED) is 0.704. The number of amides is 1. The molecule has 0 saturated carbocycles. The Labute approximate surface area is 150 Å². The third kappa shape index (κ3) is 4.70. The second-order valence-electron chi connectivity index (χ2n) is 5.82. The molecule has 1 aromatic carbocycles. The first-order chi connectivity index (χ1) is 12.1. The van der Waals surface area contributed by atoms with Crippen LogP contribution in [0.25, 0.3) is 0 Å². The fourth-order valence-corrected chi connectivity index (χ4v) is 2.85. The van der Waals surface area contributed by atoms with Gasteiger partial charge in [-0.2, -0.15) is 5.10 Å². The summed E-state index contributed by atoms with van der Waals surface area (Å²) in [6.45, 7) is 3.01. The maximum absolute atomic E-state index is 12.1. The molecule has 0 radical (unpaired) electrons. The summed E-state index contributed by atoms with van der Waals surface area (Å²) in [5, 5.41) is 11.2. The monoisotopic (exact) mass is 358 g/mol. The number of nitrogens with one attached hydrogen (secondary N) is 1. The summed E-state index contributed by atoms with van der Waals surface area (Å²) >= 11 is 5.91. The van der Waals surface area contributed by atoms with Gasteiger partial charge in [-0.05, 0) is 42.1 Å². The molecule has 7 heteroatoms. The second-order valence-corrected chi connectivity index (χ2v) is 6.16. The van der Waals surface area contributed by atoms with Crippen LogP contribution in [-0.2, 0) is 24.3 Å². The Balaban J connectivity index is 1.50. The molecule has 0 atom stereocenters. The summed E-state index contributed by atoms with van der Waals surface area (Å²) in [6.07, 6.45) is 4.54. The number of benzene rings is 1. The van der Waals surface area contributed by atoms with E-state index in [2.05, 4.69) is 21.6 Å². The zero-order chi connectivity index (χ0) is 17.6. The molecule has 6 nitrogen and oxygen atoms in total. The van der Waals surface area contributed by atoms with Crippen molar-refractivity contribution >= 4 is 17.5 Å². The molecule has 25 heavy (non-hydrogen) atoms. The average molecular weight is 359 g/mol. The van der Waals surface area contributed by atoms with Crippen LogP contribution in [0.3, 0.4) is 0 Å². The first-order valence-electron chi connectivity index (χ1n) is 8.04. The summed E-state index contributed by atoms with van der Waals surface area (Å²) in [7, 11) is 0. The Hall–Kier alpha value is -2.60. The van der Waals surface area contributed by atoms with E-state index in [1.165, 1.54) is 0 Å². The van der Waals surface area contributed by atoms with Gasteiger partial charge in [0.2, 0.25) is 11.1 Å². The Morgan fingerprint density at radius 2 is 2.16 bits per heavy atom. The topological polar surface area (TPSA) is 73.0 Å². The molecule has 0 fully saturated rings. The molecule has 0 aliphatic rings. The third-order valence-electron chi connectivity index (χ3n) is 3.92. The molecular formula is C18H19ClN4O2. The van der Waals surface area contributed by atoms with Crippen LogP contribution in [0.5, 0.6) is 0 Å². The van der Waals surface area contributed by atoms with Crippen molar-refractivity contribution in [1.29, 1.82) is 0 Å². The van der Waals surface area contributed by atoms with Crippen molar-refractivity contribution in [3.8, 4) is 0 Å². The van der Waals surface area contributed by atoms with Gasteiger partial charge in [-0.15, -0.1) is 0 Å². The van der Waals surface area contributed by atoms with Gasteiger partial charge in [-0.3, -0.25) is 9.48 Å². The molecule has 0 bridgehead atoms. The Bertz CT molecular complexity index is 823. The highest BCUT2D eigenvalue weighted by atomic mass is 35.5. The third-order valence-corrected chi connectivity index (χ3v) is 4.22. The van der Waals surface area contributed by atoms with Gasteiger partial charge in [0.15, 0.2) is 0 Å². The van der Waals surface area contributed by atoms with Crippen molar-refractivity contribution in [2.75, 3.05) is 0 Å². The van der Waals surface area contributed by atoms with Crippen LogP contribution in [0.1, 0.15) is 28.8 Å². The van der Waals surface area contributed by atoms with Gasteiger partial charge in [-0.25, -0.2) is 0 Å². The highest BCUT2D eigenvalue weighted by Crippen LogP contribution is 2.20. The van der Waals surface area contributed by atoms with Crippen molar-refractivity contribution in [2.24, 2.45) is 0 Å². The minimum Gasteiger partial charge on any atom is -0.352 e. The number of nitrogens with zero attached hydrogens (tertiary/aromatic N) is 3. The first-order valence-corrected chi connectivity index (χ1v) is 8.42. The molecule has 2 heterocycles. The van der Waals surface area contributed by atoms with E-state index in [0.717, 1.165) is 22.4 Å². The van der Waals surface area contributed by atoms with E-state index in [9.17, 15) is 4.79 Å². The van der Waals surface area contributed by atoms with Gasteiger partial charge >= 0.3 is 0 Å². The van der Waals surface area contributed by atoms with Gasteiger partial charge in [0.1, 0.15) is 0 Å². The van der Waals surface area contributed by atoms with Crippen molar-refractivity contribution < 1.29 is 9.32 Å². The van der Waals surface area contributed by atoms with E-state index in [4.69, 9.17) is 16.1 Å². The number of aromatic nitrogens is 3. The second kappa shape index (κ2) is 7.98. The fourth-order valence-electron chi connectivity index (χ4n) is 2.59. The number of hydrogen-bond acceptors (Lipinski definition) is 4. The molecule has 3 aromatic rings. The lowest BCUT2D eigenvalue weighted by Gasteiger charge is -2.08. The fraction of sp³-hybridized carbons (Fsp3) is 0.278. The van der Waals surface area contributed by atoms with Crippen molar-refractivity contribution in [1.82, 2.24) is 20.3 Å². The number of carbonyl (C=O) groups is 1. The lowest BCUT2D eigenvalue weighted by Crippen LogP contribution is -2.23. The van der Waals surface area contributed by atoms with E-state index < -0.39 is 0 Å². The normalized spacial score (nSPS) is 10.8. The molecule has 1 N–H and O–H groups in total. The van der Waals surface area contributed by atoms with E-state index in [1.54, 1.807) is 6.20 Å². The van der Waals surface area contributed by atoms with Gasteiger partial charge in [-0.1, -0.05) is 29.4 Å². The Kier molecular flexibility index (Phi) is 5.50. The predicted octanol–water partition coefficient (Wildman–Crippen LogP) is 3.13. The first kappa shape index (κ1) is 17.2. The van der Waals surface area contributed by atoms with Crippen LogP contribution in [0.15, 0.2) is 47.2 Å². The minimum atomic E-state index is -0.0332. The zero-order valence-corrected chi connectivity index (χ0v) is 14.7. The average Bonchev–Trinajstić information content (AvgIpc) is 3.22. The van der Waals surface area contributed by atoms with E-state index >= 15 is 0 Å².